The van der Waals surface area contributed by atoms with Crippen LogP contribution >= 0.6 is 0 Å². The van der Waals surface area contributed by atoms with Crippen LogP contribution in [0.25, 0.3) is 22.0 Å². The van der Waals surface area contributed by atoms with Crippen LogP contribution in [0, 0.1) is 0 Å². The van der Waals surface area contributed by atoms with E-state index in [0.29, 0.717) is 16.3 Å². The summed E-state index contributed by atoms with van der Waals surface area (Å²) in [6, 6.07) is 12.7. The Hall–Kier alpha value is -2.42. The first-order valence-electron chi connectivity index (χ1n) is 5.74. The van der Waals surface area contributed by atoms with E-state index in [0.717, 1.165) is 5.69 Å². The topological polar surface area (TPSA) is 45.4 Å². The molecule has 1 aromatic heterocycles. The molecule has 0 aliphatic carbocycles. The second-order valence-electron chi connectivity index (χ2n) is 4.34. The van der Waals surface area contributed by atoms with Gasteiger partial charge < -0.3 is 14.8 Å². The van der Waals surface area contributed by atoms with E-state index < -0.39 is 0 Å². The highest BCUT2D eigenvalue weighted by atomic mass is 16.3. The fourth-order valence-electron chi connectivity index (χ4n) is 2.28. The number of aryl methyl sites for hydroxylation is 1. The van der Waals surface area contributed by atoms with Crippen LogP contribution in [-0.4, -0.2) is 14.8 Å². The molecule has 90 valence electrons. The van der Waals surface area contributed by atoms with Crippen LogP contribution < -0.4 is 0 Å². The molecule has 0 bridgehead atoms. The summed E-state index contributed by atoms with van der Waals surface area (Å²) in [4.78, 5) is 0. The maximum Gasteiger partial charge on any atom is 0.132 e. The summed E-state index contributed by atoms with van der Waals surface area (Å²) < 4.78 is 1.91. The van der Waals surface area contributed by atoms with E-state index in [1.54, 1.807) is 18.2 Å². The molecule has 0 atom stereocenters. The number of fused-ring (bicyclic) bond motifs is 1. The molecule has 3 nitrogen and oxygen atoms in total. The molecule has 0 saturated heterocycles. The quantitative estimate of drug-likeness (QED) is 0.640. The van der Waals surface area contributed by atoms with Crippen molar-refractivity contribution >= 4 is 10.8 Å². The molecule has 1 heterocycles. The predicted octanol–water partition coefficient (Wildman–Crippen LogP) is 3.26. The molecule has 0 unspecified atom stereocenters. The molecule has 0 saturated carbocycles. The second kappa shape index (κ2) is 3.81. The minimum Gasteiger partial charge on any atom is -0.507 e. The van der Waals surface area contributed by atoms with Crippen molar-refractivity contribution in [2.45, 2.75) is 0 Å². The standard InChI is InChI=1S/C15H13NO2/c1-16-8-4-7-13(16)12-9-14(17)10-5-2-3-6-11(10)15(12)18/h2-9,17-18H,1H3. The molecular weight excluding hydrogens is 226 g/mol. The van der Waals surface area contributed by atoms with E-state index in [1.165, 1.54) is 0 Å². The van der Waals surface area contributed by atoms with E-state index in [4.69, 9.17) is 0 Å². The van der Waals surface area contributed by atoms with Gasteiger partial charge >= 0.3 is 0 Å². The highest BCUT2D eigenvalue weighted by molar-refractivity contribution is 5.98. The van der Waals surface area contributed by atoms with Crippen LogP contribution in [0.1, 0.15) is 0 Å². The smallest absolute Gasteiger partial charge is 0.132 e. The monoisotopic (exact) mass is 239 g/mol. The number of hydrogen-bond acceptors (Lipinski definition) is 2. The number of phenolic OH excluding ortho intramolecular Hbond substituents is 2. The zero-order chi connectivity index (χ0) is 12.7. The Morgan fingerprint density at radius 2 is 1.67 bits per heavy atom. The molecule has 2 N–H and O–H groups in total. The van der Waals surface area contributed by atoms with Gasteiger partial charge in [0.1, 0.15) is 11.5 Å². The Balaban J connectivity index is 2.39. The SMILES string of the molecule is Cn1cccc1-c1cc(O)c2ccccc2c1O. The van der Waals surface area contributed by atoms with Crippen LogP contribution in [0.15, 0.2) is 48.7 Å². The van der Waals surface area contributed by atoms with E-state index >= 15 is 0 Å². The van der Waals surface area contributed by atoms with Gasteiger partial charge in [0, 0.05) is 29.6 Å². The van der Waals surface area contributed by atoms with Gasteiger partial charge in [-0.15, -0.1) is 0 Å². The fraction of sp³-hybridized carbons (Fsp3) is 0.0667. The van der Waals surface area contributed by atoms with E-state index in [9.17, 15) is 10.2 Å². The molecule has 18 heavy (non-hydrogen) atoms. The van der Waals surface area contributed by atoms with E-state index in [2.05, 4.69) is 0 Å². The molecule has 3 rings (SSSR count). The average Bonchev–Trinajstić information content (AvgIpc) is 2.80. The molecule has 0 fully saturated rings. The minimum atomic E-state index is 0.180. The van der Waals surface area contributed by atoms with Crippen molar-refractivity contribution in [1.82, 2.24) is 4.57 Å². The van der Waals surface area contributed by atoms with Gasteiger partial charge in [0.2, 0.25) is 0 Å². The van der Waals surface area contributed by atoms with Crippen molar-refractivity contribution in [3.63, 3.8) is 0 Å². The summed E-state index contributed by atoms with van der Waals surface area (Å²) in [6.07, 6.45) is 1.90. The fourth-order valence-corrected chi connectivity index (χ4v) is 2.28. The Bertz CT molecular complexity index is 728. The Kier molecular flexibility index (Phi) is 2.27. The molecular formula is C15H13NO2. The molecule has 2 aromatic carbocycles. The van der Waals surface area contributed by atoms with Crippen LogP contribution in [0.2, 0.25) is 0 Å². The van der Waals surface area contributed by atoms with Gasteiger partial charge in [0.25, 0.3) is 0 Å². The molecule has 3 aromatic rings. The summed E-state index contributed by atoms with van der Waals surface area (Å²) in [5.41, 5.74) is 1.51. The normalized spacial score (nSPS) is 10.9. The Labute approximate surface area is 105 Å². The maximum absolute atomic E-state index is 10.3. The summed E-state index contributed by atoms with van der Waals surface area (Å²) in [6.45, 7) is 0. The van der Waals surface area contributed by atoms with Crippen molar-refractivity contribution in [3.8, 4) is 22.8 Å². The number of aromatic nitrogens is 1. The third-order valence-corrected chi connectivity index (χ3v) is 3.21. The number of aromatic hydroxyl groups is 2. The van der Waals surface area contributed by atoms with E-state index in [-0.39, 0.29) is 11.5 Å². The van der Waals surface area contributed by atoms with Crippen LogP contribution in [0.5, 0.6) is 11.5 Å². The van der Waals surface area contributed by atoms with Crippen molar-refractivity contribution in [1.29, 1.82) is 0 Å². The first-order chi connectivity index (χ1) is 8.68. The van der Waals surface area contributed by atoms with Gasteiger partial charge in [0.05, 0.1) is 5.69 Å². The number of phenols is 2. The molecule has 3 heteroatoms. The zero-order valence-electron chi connectivity index (χ0n) is 9.96. The summed E-state index contributed by atoms with van der Waals surface area (Å²) >= 11 is 0. The second-order valence-corrected chi connectivity index (χ2v) is 4.34. The van der Waals surface area contributed by atoms with Gasteiger partial charge in [-0.05, 0) is 18.2 Å². The van der Waals surface area contributed by atoms with E-state index in [1.807, 2.05) is 42.1 Å². The highest BCUT2D eigenvalue weighted by Crippen LogP contribution is 2.40. The van der Waals surface area contributed by atoms with Gasteiger partial charge in [-0.2, -0.15) is 0 Å². The van der Waals surface area contributed by atoms with Gasteiger partial charge in [-0.3, -0.25) is 0 Å². The summed E-state index contributed by atoms with van der Waals surface area (Å²) in [7, 11) is 1.90. The van der Waals surface area contributed by atoms with Crippen LogP contribution in [0.4, 0.5) is 0 Å². The lowest BCUT2D eigenvalue weighted by atomic mass is 10.0. The van der Waals surface area contributed by atoms with Crippen LogP contribution in [-0.2, 0) is 7.05 Å². The number of benzene rings is 2. The van der Waals surface area contributed by atoms with Gasteiger partial charge in [-0.25, -0.2) is 0 Å². The van der Waals surface area contributed by atoms with Crippen molar-refractivity contribution in [2.75, 3.05) is 0 Å². The maximum atomic E-state index is 10.3. The molecule has 0 aliphatic heterocycles. The summed E-state index contributed by atoms with van der Waals surface area (Å²) in [5.74, 6) is 0.379. The molecule has 0 aliphatic rings. The molecule has 0 amide bonds. The lowest BCUT2D eigenvalue weighted by molar-refractivity contribution is 0.471. The highest BCUT2D eigenvalue weighted by Gasteiger charge is 2.13. The van der Waals surface area contributed by atoms with Gasteiger partial charge in [-0.1, -0.05) is 24.3 Å². The Morgan fingerprint density at radius 3 is 2.33 bits per heavy atom. The number of nitrogens with zero attached hydrogens (tertiary/aromatic N) is 1. The van der Waals surface area contributed by atoms with Crippen LogP contribution in [0.3, 0.4) is 0 Å². The Morgan fingerprint density at radius 1 is 0.944 bits per heavy atom. The first-order valence-corrected chi connectivity index (χ1v) is 5.74. The van der Waals surface area contributed by atoms with Crippen molar-refractivity contribution in [2.24, 2.45) is 7.05 Å². The lowest BCUT2D eigenvalue weighted by Crippen LogP contribution is -1.90. The van der Waals surface area contributed by atoms with Crippen molar-refractivity contribution < 1.29 is 10.2 Å². The third kappa shape index (κ3) is 1.44. The van der Waals surface area contributed by atoms with Crippen molar-refractivity contribution in [3.05, 3.63) is 48.7 Å². The molecule has 0 spiro atoms. The largest absolute Gasteiger partial charge is 0.507 e. The number of rotatable bonds is 1. The first kappa shape index (κ1) is 10.7. The molecule has 0 radical (unpaired) electrons. The predicted molar refractivity (Wildman–Crippen MR) is 71.7 cm³/mol. The lowest BCUT2D eigenvalue weighted by Gasteiger charge is -2.10. The average molecular weight is 239 g/mol. The zero-order valence-corrected chi connectivity index (χ0v) is 9.96. The van der Waals surface area contributed by atoms with Gasteiger partial charge in [0.15, 0.2) is 0 Å². The number of hydrogen-bond donors (Lipinski definition) is 2. The summed E-state index contributed by atoms with van der Waals surface area (Å²) in [5, 5.41) is 21.7. The third-order valence-electron chi connectivity index (χ3n) is 3.21. The minimum absolute atomic E-state index is 0.180.